The maximum atomic E-state index is 14.1. The van der Waals surface area contributed by atoms with Crippen molar-refractivity contribution in [2.75, 3.05) is 6.61 Å². The van der Waals surface area contributed by atoms with E-state index in [9.17, 15) is 4.39 Å². The Bertz CT molecular complexity index is 435. The summed E-state index contributed by atoms with van der Waals surface area (Å²) in [5.41, 5.74) is 1.16. The van der Waals surface area contributed by atoms with Crippen molar-refractivity contribution in [3.05, 3.63) is 29.6 Å². The molecular formula is C20H31FO. The monoisotopic (exact) mass is 306 g/mol. The number of halogens is 1. The van der Waals surface area contributed by atoms with Gasteiger partial charge in [0.1, 0.15) is 0 Å². The summed E-state index contributed by atoms with van der Waals surface area (Å²) in [5.74, 6) is 1.65. The van der Waals surface area contributed by atoms with Crippen molar-refractivity contribution in [1.82, 2.24) is 0 Å². The van der Waals surface area contributed by atoms with Crippen LogP contribution in [0.4, 0.5) is 4.39 Å². The first-order valence-corrected chi connectivity index (χ1v) is 9.16. The standard InChI is InChI=1S/C20H31FO/c1-3-5-6-7-16-8-10-17(11-9-16)18-12-13-20(19(21)15-18)22-14-4-2/h12-13,15-17H,3-11,14H2,1-2H3/t16-,17-. The molecule has 0 N–H and O–H groups in total. The van der Waals surface area contributed by atoms with Gasteiger partial charge in [-0.2, -0.15) is 0 Å². The molecule has 0 heterocycles. The van der Waals surface area contributed by atoms with E-state index in [1.807, 2.05) is 13.0 Å². The molecule has 0 atom stereocenters. The summed E-state index contributed by atoms with van der Waals surface area (Å²) in [7, 11) is 0. The predicted molar refractivity (Wildman–Crippen MR) is 91.0 cm³/mol. The van der Waals surface area contributed by atoms with Gasteiger partial charge in [0.05, 0.1) is 6.61 Å². The van der Waals surface area contributed by atoms with Crippen LogP contribution in [0.5, 0.6) is 5.75 Å². The number of benzene rings is 1. The second-order valence-corrected chi connectivity index (χ2v) is 6.75. The minimum atomic E-state index is -0.198. The maximum Gasteiger partial charge on any atom is 0.165 e. The molecule has 2 rings (SSSR count). The van der Waals surface area contributed by atoms with E-state index in [0.717, 1.165) is 17.9 Å². The van der Waals surface area contributed by atoms with Gasteiger partial charge >= 0.3 is 0 Å². The number of ether oxygens (including phenoxy) is 1. The summed E-state index contributed by atoms with van der Waals surface area (Å²) < 4.78 is 19.5. The van der Waals surface area contributed by atoms with Gasteiger partial charge in [0, 0.05) is 0 Å². The molecule has 1 aromatic carbocycles. The average molecular weight is 306 g/mol. The Labute approximate surface area is 135 Å². The summed E-state index contributed by atoms with van der Waals surface area (Å²) in [4.78, 5) is 0. The highest BCUT2D eigenvalue weighted by atomic mass is 19.1. The molecule has 0 unspecified atom stereocenters. The Kier molecular flexibility index (Phi) is 7.21. The van der Waals surface area contributed by atoms with Crippen molar-refractivity contribution in [1.29, 1.82) is 0 Å². The second kappa shape index (κ2) is 9.17. The highest BCUT2D eigenvalue weighted by Gasteiger charge is 2.22. The molecule has 2 heteroatoms. The van der Waals surface area contributed by atoms with Crippen molar-refractivity contribution in [2.45, 2.75) is 77.6 Å². The Balaban J connectivity index is 1.84. The van der Waals surface area contributed by atoms with E-state index in [-0.39, 0.29) is 5.82 Å². The molecule has 0 saturated heterocycles. The smallest absolute Gasteiger partial charge is 0.165 e. The van der Waals surface area contributed by atoms with E-state index >= 15 is 0 Å². The highest BCUT2D eigenvalue weighted by molar-refractivity contribution is 5.31. The number of hydrogen-bond donors (Lipinski definition) is 0. The van der Waals surface area contributed by atoms with E-state index in [0.29, 0.717) is 18.3 Å². The molecule has 0 radical (unpaired) electrons. The third-order valence-electron chi connectivity index (χ3n) is 4.95. The lowest BCUT2D eigenvalue weighted by molar-refractivity contribution is 0.296. The fourth-order valence-corrected chi connectivity index (χ4v) is 3.57. The number of rotatable bonds is 8. The summed E-state index contributed by atoms with van der Waals surface area (Å²) in [5, 5.41) is 0. The van der Waals surface area contributed by atoms with Crippen LogP contribution in [0, 0.1) is 11.7 Å². The number of unbranched alkanes of at least 4 members (excludes halogenated alkanes) is 2. The molecule has 0 bridgehead atoms. The molecule has 1 aromatic rings. The first-order chi connectivity index (χ1) is 10.7. The molecule has 0 aliphatic heterocycles. The van der Waals surface area contributed by atoms with Gasteiger partial charge in [-0.3, -0.25) is 0 Å². The minimum absolute atomic E-state index is 0.198. The van der Waals surface area contributed by atoms with Crippen LogP contribution >= 0.6 is 0 Å². The van der Waals surface area contributed by atoms with Crippen molar-refractivity contribution in [3.8, 4) is 5.75 Å². The Hall–Kier alpha value is -1.05. The number of hydrogen-bond acceptors (Lipinski definition) is 1. The zero-order chi connectivity index (χ0) is 15.8. The molecule has 22 heavy (non-hydrogen) atoms. The largest absolute Gasteiger partial charge is 0.491 e. The molecule has 1 saturated carbocycles. The van der Waals surface area contributed by atoms with E-state index in [1.165, 1.54) is 51.4 Å². The zero-order valence-electron chi connectivity index (χ0n) is 14.2. The van der Waals surface area contributed by atoms with Crippen LogP contribution in [0.1, 0.15) is 83.1 Å². The lowest BCUT2D eigenvalue weighted by Crippen LogP contribution is -2.13. The zero-order valence-corrected chi connectivity index (χ0v) is 14.2. The van der Waals surface area contributed by atoms with Gasteiger partial charge in [-0.05, 0) is 61.6 Å². The fraction of sp³-hybridized carbons (Fsp3) is 0.700. The van der Waals surface area contributed by atoms with Crippen LogP contribution in [0.2, 0.25) is 0 Å². The highest BCUT2D eigenvalue weighted by Crippen LogP contribution is 2.38. The normalized spacial score (nSPS) is 21.8. The van der Waals surface area contributed by atoms with Crippen molar-refractivity contribution < 1.29 is 9.13 Å². The van der Waals surface area contributed by atoms with Crippen molar-refractivity contribution in [3.63, 3.8) is 0 Å². The summed E-state index contributed by atoms with van der Waals surface area (Å²) in [6, 6.07) is 5.58. The van der Waals surface area contributed by atoms with Crippen LogP contribution in [-0.4, -0.2) is 6.61 Å². The van der Waals surface area contributed by atoms with Gasteiger partial charge in [-0.25, -0.2) is 4.39 Å². The van der Waals surface area contributed by atoms with Crippen LogP contribution in [-0.2, 0) is 0 Å². The van der Waals surface area contributed by atoms with E-state index in [2.05, 4.69) is 13.0 Å². The first-order valence-electron chi connectivity index (χ1n) is 9.16. The molecule has 1 aliphatic carbocycles. The topological polar surface area (TPSA) is 9.23 Å². The van der Waals surface area contributed by atoms with Crippen LogP contribution < -0.4 is 4.74 Å². The molecule has 1 fully saturated rings. The van der Waals surface area contributed by atoms with Crippen molar-refractivity contribution >= 4 is 0 Å². The van der Waals surface area contributed by atoms with Gasteiger partial charge in [0.25, 0.3) is 0 Å². The molecule has 124 valence electrons. The summed E-state index contributed by atoms with van der Waals surface area (Å²) in [6.45, 7) is 4.88. The fourth-order valence-electron chi connectivity index (χ4n) is 3.57. The molecule has 0 amide bonds. The SMILES string of the molecule is CCCCC[C@H]1CC[C@H](c2ccc(OCCC)c(F)c2)CC1. The Morgan fingerprint density at radius 1 is 1.05 bits per heavy atom. The van der Waals surface area contributed by atoms with E-state index in [1.54, 1.807) is 6.07 Å². The Morgan fingerprint density at radius 2 is 1.82 bits per heavy atom. The van der Waals surface area contributed by atoms with Crippen LogP contribution in [0.3, 0.4) is 0 Å². The van der Waals surface area contributed by atoms with Gasteiger partial charge < -0.3 is 4.74 Å². The first kappa shape index (κ1) is 17.3. The predicted octanol–water partition coefficient (Wildman–Crippen LogP) is 6.47. The summed E-state index contributed by atoms with van der Waals surface area (Å²) >= 11 is 0. The van der Waals surface area contributed by atoms with Crippen molar-refractivity contribution in [2.24, 2.45) is 5.92 Å². The third kappa shape index (κ3) is 5.00. The average Bonchev–Trinajstić information content (AvgIpc) is 2.54. The molecule has 1 aliphatic rings. The van der Waals surface area contributed by atoms with E-state index in [4.69, 9.17) is 4.74 Å². The lowest BCUT2D eigenvalue weighted by Gasteiger charge is -2.29. The molecule has 0 aromatic heterocycles. The minimum Gasteiger partial charge on any atom is -0.491 e. The van der Waals surface area contributed by atoms with Crippen LogP contribution in [0.25, 0.3) is 0 Å². The van der Waals surface area contributed by atoms with Crippen LogP contribution in [0.15, 0.2) is 18.2 Å². The van der Waals surface area contributed by atoms with Gasteiger partial charge in [-0.15, -0.1) is 0 Å². The van der Waals surface area contributed by atoms with E-state index < -0.39 is 0 Å². The third-order valence-corrected chi connectivity index (χ3v) is 4.95. The second-order valence-electron chi connectivity index (χ2n) is 6.75. The molecular weight excluding hydrogens is 275 g/mol. The molecule has 0 spiro atoms. The lowest BCUT2D eigenvalue weighted by atomic mass is 9.77. The van der Waals surface area contributed by atoms with Gasteiger partial charge in [0.2, 0.25) is 0 Å². The quantitative estimate of drug-likeness (QED) is 0.500. The van der Waals surface area contributed by atoms with Gasteiger partial charge in [0.15, 0.2) is 11.6 Å². The molecule has 1 nitrogen and oxygen atoms in total. The Morgan fingerprint density at radius 3 is 2.45 bits per heavy atom. The summed E-state index contributed by atoms with van der Waals surface area (Å²) in [6.07, 6.45) is 11.4. The maximum absolute atomic E-state index is 14.1. The van der Waals surface area contributed by atoms with Gasteiger partial charge in [-0.1, -0.05) is 45.6 Å².